The molecule has 1 unspecified atom stereocenters. The first-order valence-electron chi connectivity index (χ1n) is 9.83. The summed E-state index contributed by atoms with van der Waals surface area (Å²) in [7, 11) is 0. The van der Waals surface area contributed by atoms with Crippen LogP contribution < -0.4 is 11.1 Å². The molecular weight excluding hydrogens is 332 g/mol. The van der Waals surface area contributed by atoms with Gasteiger partial charge < -0.3 is 16.0 Å². The maximum absolute atomic E-state index is 12.2. The van der Waals surface area contributed by atoms with Crippen LogP contribution >= 0.6 is 11.3 Å². The third-order valence-corrected chi connectivity index (χ3v) is 5.24. The summed E-state index contributed by atoms with van der Waals surface area (Å²) in [5.41, 5.74) is 6.56. The van der Waals surface area contributed by atoms with E-state index in [1.807, 2.05) is 5.38 Å². The van der Waals surface area contributed by atoms with Gasteiger partial charge >= 0.3 is 0 Å². The number of thiazole rings is 1. The van der Waals surface area contributed by atoms with Gasteiger partial charge in [-0.25, -0.2) is 4.98 Å². The lowest BCUT2D eigenvalue weighted by atomic mass is 10.2. The first-order chi connectivity index (χ1) is 12.1. The van der Waals surface area contributed by atoms with Crippen molar-refractivity contribution in [1.29, 1.82) is 0 Å². The van der Waals surface area contributed by atoms with Crippen LogP contribution in [0.5, 0.6) is 0 Å². The third kappa shape index (κ3) is 8.79. The van der Waals surface area contributed by atoms with Gasteiger partial charge in [0.05, 0.1) is 6.04 Å². The van der Waals surface area contributed by atoms with Gasteiger partial charge in [0.1, 0.15) is 10.7 Å². The molecule has 1 aromatic rings. The monoisotopic (exact) mass is 368 g/mol. The molecule has 0 saturated heterocycles. The predicted molar refractivity (Wildman–Crippen MR) is 107 cm³/mol. The van der Waals surface area contributed by atoms with E-state index in [0.29, 0.717) is 12.2 Å². The topological polar surface area (TPSA) is 71.2 Å². The Morgan fingerprint density at radius 3 is 2.40 bits per heavy atom. The molecule has 0 aliphatic heterocycles. The van der Waals surface area contributed by atoms with E-state index in [1.165, 1.54) is 37.0 Å². The van der Waals surface area contributed by atoms with Gasteiger partial charge in [0.2, 0.25) is 0 Å². The van der Waals surface area contributed by atoms with Crippen LogP contribution in [0.15, 0.2) is 5.38 Å². The van der Waals surface area contributed by atoms with Gasteiger partial charge in [0.25, 0.3) is 5.91 Å². The molecule has 0 bridgehead atoms. The Hall–Kier alpha value is -0.980. The molecule has 5 nitrogen and oxygen atoms in total. The van der Waals surface area contributed by atoms with Crippen molar-refractivity contribution in [3.63, 3.8) is 0 Å². The van der Waals surface area contributed by atoms with E-state index >= 15 is 0 Å². The predicted octanol–water partition coefficient (Wildman–Crippen LogP) is 3.97. The van der Waals surface area contributed by atoms with Gasteiger partial charge in [-0.2, -0.15) is 0 Å². The number of rotatable bonds is 14. The minimum absolute atomic E-state index is 0.0535. The summed E-state index contributed by atoms with van der Waals surface area (Å²) in [6, 6.07) is -0.0535. The average Bonchev–Trinajstić information content (AvgIpc) is 3.10. The molecule has 6 heteroatoms. The Bertz CT molecular complexity index is 470. The summed E-state index contributed by atoms with van der Waals surface area (Å²) in [4.78, 5) is 19.1. The summed E-state index contributed by atoms with van der Waals surface area (Å²) >= 11 is 1.48. The van der Waals surface area contributed by atoms with Gasteiger partial charge in [-0.15, -0.1) is 11.3 Å². The number of nitrogens with one attached hydrogen (secondary N) is 1. The molecule has 144 valence electrons. The quantitative estimate of drug-likeness (QED) is 0.488. The van der Waals surface area contributed by atoms with Crippen LogP contribution in [0.1, 0.15) is 87.3 Å². The highest BCUT2D eigenvalue weighted by Gasteiger charge is 2.14. The molecule has 3 N–H and O–H groups in total. The SMILES string of the molecule is CCCCN(CCCC)CCCNC(=O)c1csc(C(N)CCC)n1. The zero-order chi connectivity index (χ0) is 18.5. The van der Waals surface area contributed by atoms with Crippen LogP contribution in [0.25, 0.3) is 0 Å². The number of nitrogens with zero attached hydrogens (tertiary/aromatic N) is 2. The fourth-order valence-corrected chi connectivity index (χ4v) is 3.53. The van der Waals surface area contributed by atoms with Crippen molar-refractivity contribution in [1.82, 2.24) is 15.2 Å². The minimum Gasteiger partial charge on any atom is -0.351 e. The Morgan fingerprint density at radius 1 is 1.16 bits per heavy atom. The van der Waals surface area contributed by atoms with E-state index in [-0.39, 0.29) is 11.9 Å². The molecule has 0 aliphatic rings. The molecule has 0 aliphatic carbocycles. The summed E-state index contributed by atoms with van der Waals surface area (Å²) in [5, 5.41) is 5.66. The van der Waals surface area contributed by atoms with Gasteiger partial charge in [0, 0.05) is 11.9 Å². The molecule has 1 atom stereocenters. The maximum atomic E-state index is 12.2. The lowest BCUT2D eigenvalue weighted by molar-refractivity contribution is 0.0947. The van der Waals surface area contributed by atoms with Crippen molar-refractivity contribution in [2.75, 3.05) is 26.2 Å². The summed E-state index contributed by atoms with van der Waals surface area (Å²) in [6.45, 7) is 10.6. The van der Waals surface area contributed by atoms with Gasteiger partial charge in [-0.1, -0.05) is 40.0 Å². The summed E-state index contributed by atoms with van der Waals surface area (Å²) in [5.74, 6) is -0.0835. The smallest absolute Gasteiger partial charge is 0.270 e. The van der Waals surface area contributed by atoms with Crippen LogP contribution in [0.3, 0.4) is 0 Å². The molecule has 1 heterocycles. The lowest BCUT2D eigenvalue weighted by Crippen LogP contribution is -2.31. The molecule has 0 fully saturated rings. The maximum Gasteiger partial charge on any atom is 0.270 e. The van der Waals surface area contributed by atoms with Crippen molar-refractivity contribution >= 4 is 17.2 Å². The second kappa shape index (κ2) is 13.3. The van der Waals surface area contributed by atoms with Crippen molar-refractivity contribution in [2.45, 2.75) is 71.8 Å². The number of nitrogens with two attached hydrogens (primary N) is 1. The second-order valence-corrected chi connectivity index (χ2v) is 7.51. The number of unbranched alkanes of at least 4 members (excludes halogenated alkanes) is 2. The fourth-order valence-electron chi connectivity index (χ4n) is 2.69. The lowest BCUT2D eigenvalue weighted by Gasteiger charge is -2.21. The Kier molecular flexibility index (Phi) is 11.7. The van der Waals surface area contributed by atoms with E-state index in [4.69, 9.17) is 5.73 Å². The molecule has 1 aromatic heterocycles. The first kappa shape index (κ1) is 22.1. The van der Waals surface area contributed by atoms with E-state index in [2.05, 4.69) is 36.0 Å². The van der Waals surface area contributed by atoms with Crippen LogP contribution in [-0.4, -0.2) is 42.0 Å². The molecule has 1 amide bonds. The highest BCUT2D eigenvalue weighted by molar-refractivity contribution is 7.09. The van der Waals surface area contributed by atoms with Crippen LogP contribution in [0, 0.1) is 0 Å². The fraction of sp³-hybridized carbons (Fsp3) is 0.789. The Morgan fingerprint density at radius 2 is 1.80 bits per heavy atom. The standard InChI is InChI=1S/C19H36N4OS/c1-4-7-12-23(13-8-5-2)14-9-11-21-18(24)17-15-25-19(22-17)16(20)10-6-3/h15-16H,4-14,20H2,1-3H3,(H,21,24). The summed E-state index contributed by atoms with van der Waals surface area (Å²) < 4.78 is 0. The van der Waals surface area contributed by atoms with E-state index in [9.17, 15) is 4.79 Å². The normalized spacial score (nSPS) is 12.5. The minimum atomic E-state index is -0.0835. The van der Waals surface area contributed by atoms with Gasteiger partial charge in [0.15, 0.2) is 0 Å². The zero-order valence-corrected chi connectivity index (χ0v) is 17.0. The summed E-state index contributed by atoms with van der Waals surface area (Å²) in [6.07, 6.45) is 7.85. The second-order valence-electron chi connectivity index (χ2n) is 6.62. The highest BCUT2D eigenvalue weighted by atomic mass is 32.1. The van der Waals surface area contributed by atoms with Crippen LogP contribution in [0.2, 0.25) is 0 Å². The van der Waals surface area contributed by atoms with Crippen LogP contribution in [0.4, 0.5) is 0 Å². The van der Waals surface area contributed by atoms with Crippen LogP contribution in [-0.2, 0) is 0 Å². The van der Waals surface area contributed by atoms with Crippen molar-refractivity contribution in [3.05, 3.63) is 16.1 Å². The molecule has 25 heavy (non-hydrogen) atoms. The van der Waals surface area contributed by atoms with Crippen molar-refractivity contribution < 1.29 is 4.79 Å². The Labute approximate surface area is 157 Å². The van der Waals surface area contributed by atoms with Gasteiger partial charge in [-0.3, -0.25) is 4.79 Å². The number of carbonyl (C=O) groups excluding carboxylic acids is 1. The van der Waals surface area contributed by atoms with E-state index in [1.54, 1.807) is 0 Å². The number of hydrogen-bond donors (Lipinski definition) is 2. The number of carbonyl (C=O) groups is 1. The third-order valence-electron chi connectivity index (χ3n) is 4.26. The molecular formula is C19H36N4OS. The van der Waals surface area contributed by atoms with Crippen molar-refractivity contribution in [3.8, 4) is 0 Å². The molecule has 1 rings (SSSR count). The molecule has 0 saturated carbocycles. The van der Waals surface area contributed by atoms with Gasteiger partial charge in [-0.05, 0) is 45.3 Å². The average molecular weight is 369 g/mol. The number of amides is 1. The number of hydrogen-bond acceptors (Lipinski definition) is 5. The zero-order valence-electron chi connectivity index (χ0n) is 16.2. The Balaban J connectivity index is 2.33. The van der Waals surface area contributed by atoms with Crippen molar-refractivity contribution in [2.24, 2.45) is 5.73 Å². The molecule has 0 spiro atoms. The first-order valence-corrected chi connectivity index (χ1v) is 10.7. The van der Waals surface area contributed by atoms with E-state index < -0.39 is 0 Å². The highest BCUT2D eigenvalue weighted by Crippen LogP contribution is 2.20. The largest absolute Gasteiger partial charge is 0.351 e. The molecule has 0 aromatic carbocycles. The van der Waals surface area contributed by atoms with E-state index in [0.717, 1.165) is 43.9 Å². The number of aromatic nitrogens is 1. The molecule has 0 radical (unpaired) electrons.